The molecule has 1 atom stereocenters. The average molecular weight is 505 g/mol. The number of fused-ring (bicyclic) bond motifs is 1. The first kappa shape index (κ1) is 23.7. The third-order valence-electron chi connectivity index (χ3n) is 6.03. The second-order valence-corrected chi connectivity index (χ2v) is 10.9. The highest BCUT2D eigenvalue weighted by Gasteiger charge is 2.29. The van der Waals surface area contributed by atoms with Crippen LogP contribution in [0.15, 0.2) is 66.7 Å². The molecule has 36 heavy (non-hydrogen) atoms. The lowest BCUT2D eigenvalue weighted by Gasteiger charge is -2.12. The van der Waals surface area contributed by atoms with Gasteiger partial charge in [-0.3, -0.25) is 4.79 Å². The third-order valence-corrected chi connectivity index (χ3v) is 7.80. The van der Waals surface area contributed by atoms with E-state index in [0.717, 1.165) is 11.3 Å². The van der Waals surface area contributed by atoms with Gasteiger partial charge in [-0.25, -0.2) is 22.9 Å². The van der Waals surface area contributed by atoms with Gasteiger partial charge in [0, 0.05) is 11.6 Å². The molecule has 4 aromatic rings. The van der Waals surface area contributed by atoms with Gasteiger partial charge in [0.2, 0.25) is 0 Å². The van der Waals surface area contributed by atoms with E-state index in [1.807, 2.05) is 60.7 Å². The molecule has 2 aromatic heterocycles. The van der Waals surface area contributed by atoms with E-state index in [4.69, 9.17) is 9.72 Å². The number of aromatic nitrogens is 3. The molecule has 10 heteroatoms. The molecule has 1 aliphatic rings. The first-order valence-electron chi connectivity index (χ1n) is 11.5. The van der Waals surface area contributed by atoms with Gasteiger partial charge in [0.1, 0.15) is 0 Å². The van der Waals surface area contributed by atoms with Crippen LogP contribution in [0, 0.1) is 6.92 Å². The molecular weight excluding hydrogens is 480 g/mol. The number of esters is 1. The Kier molecular flexibility index (Phi) is 6.27. The van der Waals surface area contributed by atoms with Gasteiger partial charge < -0.3 is 10.1 Å². The number of para-hydroxylation sites is 1. The number of benzene rings is 2. The number of sulfone groups is 1. The fourth-order valence-electron chi connectivity index (χ4n) is 4.34. The van der Waals surface area contributed by atoms with Gasteiger partial charge in [0.25, 0.3) is 5.91 Å². The first-order valence-corrected chi connectivity index (χ1v) is 13.3. The van der Waals surface area contributed by atoms with E-state index < -0.39 is 34.4 Å². The summed E-state index contributed by atoms with van der Waals surface area (Å²) in [7, 11) is -3.13. The van der Waals surface area contributed by atoms with Crippen LogP contribution < -0.4 is 5.32 Å². The van der Waals surface area contributed by atoms with Gasteiger partial charge in [-0.1, -0.05) is 48.5 Å². The van der Waals surface area contributed by atoms with Crippen LogP contribution in [0.3, 0.4) is 0 Å². The summed E-state index contributed by atoms with van der Waals surface area (Å²) in [5, 5.41) is 7.79. The zero-order valence-corrected chi connectivity index (χ0v) is 20.4. The Hall–Kier alpha value is -4.05. The van der Waals surface area contributed by atoms with Crippen LogP contribution in [-0.4, -0.2) is 59.2 Å². The molecular formula is C26H24N4O5S. The summed E-state index contributed by atoms with van der Waals surface area (Å²) < 4.78 is 30.3. The Bertz CT molecular complexity index is 1550. The lowest BCUT2D eigenvalue weighted by Crippen LogP contribution is -2.38. The number of ether oxygens (including phenoxy) is 1. The van der Waals surface area contributed by atoms with Crippen molar-refractivity contribution in [2.75, 3.05) is 18.1 Å². The van der Waals surface area contributed by atoms with Crippen molar-refractivity contribution in [3.05, 3.63) is 78.0 Å². The van der Waals surface area contributed by atoms with Gasteiger partial charge in [-0.2, -0.15) is 5.10 Å². The van der Waals surface area contributed by atoms with E-state index in [-0.39, 0.29) is 17.1 Å². The molecule has 0 unspecified atom stereocenters. The Balaban J connectivity index is 1.48. The van der Waals surface area contributed by atoms with Crippen molar-refractivity contribution in [2.45, 2.75) is 19.4 Å². The van der Waals surface area contributed by atoms with E-state index in [1.165, 1.54) is 0 Å². The molecule has 1 saturated heterocycles. The summed E-state index contributed by atoms with van der Waals surface area (Å²) in [6.07, 6.45) is 0.352. The molecule has 0 spiro atoms. The number of nitrogens with one attached hydrogen (secondary N) is 1. The van der Waals surface area contributed by atoms with Crippen molar-refractivity contribution in [2.24, 2.45) is 0 Å². The number of hydrogen-bond acceptors (Lipinski definition) is 7. The maximum Gasteiger partial charge on any atom is 0.339 e. The Morgan fingerprint density at radius 2 is 1.78 bits per heavy atom. The fourth-order valence-corrected chi connectivity index (χ4v) is 6.02. The minimum Gasteiger partial charge on any atom is -0.452 e. The van der Waals surface area contributed by atoms with Crippen LogP contribution in [0.1, 0.15) is 22.5 Å². The Morgan fingerprint density at radius 1 is 1.08 bits per heavy atom. The lowest BCUT2D eigenvalue weighted by molar-refractivity contribution is -0.124. The van der Waals surface area contributed by atoms with Crippen LogP contribution in [0.5, 0.6) is 0 Å². The highest BCUT2D eigenvalue weighted by Crippen LogP contribution is 2.29. The monoisotopic (exact) mass is 504 g/mol. The van der Waals surface area contributed by atoms with Crippen LogP contribution in [0.2, 0.25) is 0 Å². The molecule has 2 aromatic carbocycles. The normalized spacial score (nSPS) is 16.6. The van der Waals surface area contributed by atoms with Crippen molar-refractivity contribution in [1.82, 2.24) is 20.1 Å². The SMILES string of the molecule is Cc1nn(-c2ccccc2)c2nc(-c3ccccc3)cc(C(=O)OCC(=O)N[C@@H]3CCS(=O)(=O)C3)c12. The van der Waals surface area contributed by atoms with E-state index in [9.17, 15) is 18.0 Å². The van der Waals surface area contributed by atoms with Gasteiger partial charge in [0.05, 0.1) is 39.5 Å². The average Bonchev–Trinajstić information content (AvgIpc) is 3.41. The van der Waals surface area contributed by atoms with Gasteiger partial charge in [-0.05, 0) is 31.5 Å². The number of carbonyl (C=O) groups excluding carboxylic acids is 2. The van der Waals surface area contributed by atoms with E-state index in [1.54, 1.807) is 17.7 Å². The molecule has 1 fully saturated rings. The predicted molar refractivity (Wildman–Crippen MR) is 135 cm³/mol. The fraction of sp³-hybridized carbons (Fsp3) is 0.231. The molecule has 0 saturated carbocycles. The summed E-state index contributed by atoms with van der Waals surface area (Å²) in [5.74, 6) is -1.30. The zero-order chi connectivity index (χ0) is 25.3. The van der Waals surface area contributed by atoms with Crippen LogP contribution in [0.25, 0.3) is 28.0 Å². The number of nitrogens with zero attached hydrogens (tertiary/aromatic N) is 3. The molecule has 184 valence electrons. The number of amides is 1. The van der Waals surface area contributed by atoms with Crippen molar-refractivity contribution in [1.29, 1.82) is 0 Å². The second-order valence-electron chi connectivity index (χ2n) is 8.70. The van der Waals surface area contributed by atoms with Crippen LogP contribution >= 0.6 is 0 Å². The number of rotatable bonds is 6. The minimum absolute atomic E-state index is 0.0413. The van der Waals surface area contributed by atoms with Crippen LogP contribution in [0.4, 0.5) is 0 Å². The molecule has 1 N–H and O–H groups in total. The largest absolute Gasteiger partial charge is 0.452 e. The van der Waals surface area contributed by atoms with E-state index in [2.05, 4.69) is 10.4 Å². The zero-order valence-electron chi connectivity index (χ0n) is 19.5. The quantitative estimate of drug-likeness (QED) is 0.401. The van der Waals surface area contributed by atoms with E-state index in [0.29, 0.717) is 28.8 Å². The van der Waals surface area contributed by atoms with E-state index >= 15 is 0 Å². The molecule has 3 heterocycles. The standard InChI is InChI=1S/C26H24N4O5S/c1-17-24-21(26(32)35-15-23(31)27-19-12-13-36(33,34)16-19)14-22(18-8-4-2-5-9-18)28-25(24)30(29-17)20-10-6-3-7-11-20/h2-11,14,19H,12-13,15-16H2,1H3,(H,27,31)/t19-/m1/s1. The first-order chi connectivity index (χ1) is 17.3. The Morgan fingerprint density at radius 3 is 2.44 bits per heavy atom. The van der Waals surface area contributed by atoms with Gasteiger partial charge >= 0.3 is 5.97 Å². The molecule has 5 rings (SSSR count). The lowest BCUT2D eigenvalue weighted by atomic mass is 10.1. The van der Waals surface area contributed by atoms with Crippen molar-refractivity contribution in [3.63, 3.8) is 0 Å². The summed E-state index contributed by atoms with van der Waals surface area (Å²) in [6, 6.07) is 20.1. The molecule has 0 aliphatic carbocycles. The minimum atomic E-state index is -3.13. The maximum absolute atomic E-state index is 13.2. The summed E-state index contributed by atoms with van der Waals surface area (Å²) in [6.45, 7) is 1.27. The maximum atomic E-state index is 13.2. The number of pyridine rings is 1. The molecule has 0 bridgehead atoms. The van der Waals surface area contributed by atoms with Crippen molar-refractivity contribution < 1.29 is 22.7 Å². The molecule has 1 amide bonds. The predicted octanol–water partition coefficient (Wildman–Crippen LogP) is 2.86. The number of aryl methyl sites for hydroxylation is 1. The summed E-state index contributed by atoms with van der Waals surface area (Å²) >= 11 is 0. The summed E-state index contributed by atoms with van der Waals surface area (Å²) in [5.41, 5.74) is 3.49. The smallest absolute Gasteiger partial charge is 0.339 e. The van der Waals surface area contributed by atoms with Gasteiger partial charge in [0.15, 0.2) is 22.1 Å². The molecule has 0 radical (unpaired) electrons. The topological polar surface area (TPSA) is 120 Å². The highest BCUT2D eigenvalue weighted by atomic mass is 32.2. The van der Waals surface area contributed by atoms with Crippen LogP contribution in [-0.2, 0) is 19.4 Å². The highest BCUT2D eigenvalue weighted by molar-refractivity contribution is 7.91. The van der Waals surface area contributed by atoms with Crippen molar-refractivity contribution >= 4 is 32.7 Å². The molecule has 9 nitrogen and oxygen atoms in total. The molecule has 1 aliphatic heterocycles. The number of hydrogen-bond donors (Lipinski definition) is 1. The second kappa shape index (κ2) is 9.54. The third kappa shape index (κ3) is 4.85. The summed E-state index contributed by atoms with van der Waals surface area (Å²) in [4.78, 5) is 30.4. The Labute approximate surface area is 208 Å². The van der Waals surface area contributed by atoms with Crippen molar-refractivity contribution in [3.8, 4) is 16.9 Å². The number of carbonyl (C=O) groups is 2. The van der Waals surface area contributed by atoms with Gasteiger partial charge in [-0.15, -0.1) is 0 Å².